The first-order chi connectivity index (χ1) is 17.3. The van der Waals surface area contributed by atoms with Gasteiger partial charge in [0, 0.05) is 6.07 Å². The van der Waals surface area contributed by atoms with Crippen LogP contribution < -0.4 is 20.7 Å². The van der Waals surface area contributed by atoms with Crippen LogP contribution in [0.4, 0.5) is 14.5 Å². The van der Waals surface area contributed by atoms with Crippen molar-refractivity contribution in [3.63, 3.8) is 0 Å². The number of para-hydroxylation sites is 2. The summed E-state index contributed by atoms with van der Waals surface area (Å²) in [7, 11) is 0. The van der Waals surface area contributed by atoms with Gasteiger partial charge in [-0.2, -0.15) is 0 Å². The minimum Gasteiger partial charge on any atom is -0.481 e. The molecule has 0 bridgehead atoms. The second-order valence-corrected chi connectivity index (χ2v) is 8.18. The fourth-order valence-corrected chi connectivity index (χ4v) is 3.89. The summed E-state index contributed by atoms with van der Waals surface area (Å²) in [4.78, 5) is 38.2. The summed E-state index contributed by atoms with van der Waals surface area (Å²) in [6, 6.07) is 15.8. The van der Waals surface area contributed by atoms with E-state index in [2.05, 4.69) is 16.0 Å². The van der Waals surface area contributed by atoms with Crippen molar-refractivity contribution >= 4 is 23.4 Å². The zero-order valence-electron chi connectivity index (χ0n) is 18.9. The maximum atomic E-state index is 13.4. The van der Waals surface area contributed by atoms with Gasteiger partial charge in [0.1, 0.15) is 35.6 Å². The van der Waals surface area contributed by atoms with Crippen LogP contribution in [0.15, 0.2) is 72.8 Å². The number of benzene rings is 3. The van der Waals surface area contributed by atoms with Gasteiger partial charge in [-0.15, -0.1) is 0 Å². The van der Waals surface area contributed by atoms with Crippen molar-refractivity contribution in [1.82, 2.24) is 10.6 Å². The Bertz CT molecular complexity index is 1250. The molecule has 0 saturated carbocycles. The summed E-state index contributed by atoms with van der Waals surface area (Å²) in [5, 5.41) is 17.5. The second-order valence-electron chi connectivity index (χ2n) is 8.18. The Balaban J connectivity index is 1.52. The topological polar surface area (TPSA) is 117 Å². The smallest absolute Gasteiger partial charge is 0.246 e. The molecule has 3 amide bonds. The van der Waals surface area contributed by atoms with Crippen LogP contribution in [0.5, 0.6) is 5.75 Å². The largest absolute Gasteiger partial charge is 0.481 e. The van der Waals surface area contributed by atoms with Crippen LogP contribution in [0.2, 0.25) is 0 Å². The molecule has 0 radical (unpaired) electrons. The number of hydrogen-bond donors (Lipinski definition) is 4. The number of aliphatic hydroxyl groups is 1. The molecular formula is C26H23F2N3O5. The molecule has 8 nitrogen and oxygen atoms in total. The summed E-state index contributed by atoms with van der Waals surface area (Å²) in [5.41, 5.74) is 1.11. The SMILES string of the molecule is O=C(Cc1cc(F)cc(F)c1)NC(=O)[C@H](CO)N[C@@H]1C(=O)Nc2ccccc2O[C@@H]1c1ccccc1. The van der Waals surface area contributed by atoms with E-state index in [4.69, 9.17) is 4.74 Å². The molecule has 0 spiro atoms. The molecule has 3 aromatic rings. The number of ether oxygens (including phenoxy) is 1. The first-order valence-corrected chi connectivity index (χ1v) is 11.1. The van der Waals surface area contributed by atoms with E-state index in [9.17, 15) is 28.3 Å². The molecule has 10 heteroatoms. The molecule has 0 aromatic heterocycles. The average molecular weight is 495 g/mol. The number of amides is 3. The van der Waals surface area contributed by atoms with Crippen LogP contribution in [-0.2, 0) is 20.8 Å². The molecule has 36 heavy (non-hydrogen) atoms. The Morgan fingerprint density at radius 2 is 1.67 bits per heavy atom. The number of carbonyl (C=O) groups excluding carboxylic acids is 3. The Labute approximate surface area is 205 Å². The van der Waals surface area contributed by atoms with Crippen LogP contribution in [-0.4, -0.2) is 41.5 Å². The molecule has 1 aliphatic heterocycles. The van der Waals surface area contributed by atoms with E-state index >= 15 is 0 Å². The zero-order valence-corrected chi connectivity index (χ0v) is 18.9. The molecule has 0 unspecified atom stereocenters. The lowest BCUT2D eigenvalue weighted by Gasteiger charge is -2.28. The first-order valence-electron chi connectivity index (χ1n) is 11.1. The predicted molar refractivity (Wildman–Crippen MR) is 126 cm³/mol. The van der Waals surface area contributed by atoms with Gasteiger partial charge in [0.05, 0.1) is 18.7 Å². The number of nitrogens with one attached hydrogen (secondary N) is 3. The number of carbonyl (C=O) groups is 3. The minimum absolute atomic E-state index is 0.0322. The van der Waals surface area contributed by atoms with Crippen LogP contribution in [0.25, 0.3) is 0 Å². The summed E-state index contributed by atoms with van der Waals surface area (Å²) in [6.07, 6.45) is -1.34. The van der Waals surface area contributed by atoms with E-state index in [0.717, 1.165) is 12.1 Å². The van der Waals surface area contributed by atoms with E-state index < -0.39 is 60.6 Å². The number of anilines is 1. The van der Waals surface area contributed by atoms with E-state index in [0.29, 0.717) is 23.1 Å². The molecule has 186 valence electrons. The van der Waals surface area contributed by atoms with E-state index in [1.807, 2.05) is 0 Å². The van der Waals surface area contributed by atoms with E-state index in [-0.39, 0.29) is 5.56 Å². The summed E-state index contributed by atoms with van der Waals surface area (Å²) >= 11 is 0. The molecule has 3 atom stereocenters. The lowest BCUT2D eigenvalue weighted by Crippen LogP contribution is -2.56. The number of rotatable bonds is 7. The molecule has 3 aromatic carbocycles. The standard InChI is InChI=1S/C26H23F2N3O5/c27-17-10-15(11-18(28)13-17)12-22(33)31-25(34)20(14-32)29-23-24(16-6-2-1-3-7-16)36-21-9-5-4-8-19(21)30-26(23)35/h1-11,13,20,23-24,29,32H,12,14H2,(H,30,35)(H,31,33,34)/t20-,23-,24+/m0/s1. The predicted octanol–water partition coefficient (Wildman–Crippen LogP) is 2.24. The third kappa shape index (κ3) is 5.91. The molecule has 1 aliphatic rings. The maximum absolute atomic E-state index is 13.4. The van der Waals surface area contributed by atoms with Gasteiger partial charge in [-0.3, -0.25) is 25.0 Å². The minimum atomic E-state index is -1.37. The van der Waals surface area contributed by atoms with Crippen LogP contribution in [0.1, 0.15) is 17.2 Å². The van der Waals surface area contributed by atoms with Gasteiger partial charge < -0.3 is 15.2 Å². The number of imide groups is 1. The van der Waals surface area contributed by atoms with Gasteiger partial charge in [0.2, 0.25) is 17.7 Å². The van der Waals surface area contributed by atoms with Crippen molar-refractivity contribution in [3.05, 3.63) is 95.6 Å². The maximum Gasteiger partial charge on any atom is 0.246 e. The Morgan fingerprint density at radius 3 is 2.36 bits per heavy atom. The van der Waals surface area contributed by atoms with Crippen LogP contribution in [0.3, 0.4) is 0 Å². The molecule has 4 rings (SSSR count). The van der Waals surface area contributed by atoms with Crippen LogP contribution >= 0.6 is 0 Å². The molecular weight excluding hydrogens is 472 g/mol. The average Bonchev–Trinajstić information content (AvgIpc) is 2.98. The van der Waals surface area contributed by atoms with Gasteiger partial charge >= 0.3 is 0 Å². The number of fused-ring (bicyclic) bond motifs is 1. The number of halogens is 2. The lowest BCUT2D eigenvalue weighted by molar-refractivity contribution is -0.132. The van der Waals surface area contributed by atoms with Gasteiger partial charge in [0.25, 0.3) is 0 Å². The second kappa shape index (κ2) is 11.1. The molecule has 0 saturated heterocycles. The Morgan fingerprint density at radius 1 is 1.00 bits per heavy atom. The van der Waals surface area contributed by atoms with Crippen molar-refractivity contribution in [3.8, 4) is 5.75 Å². The highest BCUT2D eigenvalue weighted by atomic mass is 19.1. The zero-order chi connectivity index (χ0) is 25.7. The molecule has 4 N–H and O–H groups in total. The highest BCUT2D eigenvalue weighted by Gasteiger charge is 2.38. The van der Waals surface area contributed by atoms with Gasteiger partial charge in [-0.05, 0) is 35.4 Å². The summed E-state index contributed by atoms with van der Waals surface area (Å²) in [5.74, 6) is -3.55. The normalized spacial score (nSPS) is 17.7. The fraction of sp³-hybridized carbons (Fsp3) is 0.192. The first kappa shape index (κ1) is 25.0. The van der Waals surface area contributed by atoms with E-state index in [1.165, 1.54) is 0 Å². The number of aliphatic hydroxyl groups excluding tert-OH is 1. The summed E-state index contributed by atoms with van der Waals surface area (Å²) < 4.78 is 32.9. The molecule has 0 fully saturated rings. The van der Waals surface area contributed by atoms with Gasteiger partial charge in [0.15, 0.2) is 0 Å². The van der Waals surface area contributed by atoms with Crippen molar-refractivity contribution in [1.29, 1.82) is 0 Å². The van der Waals surface area contributed by atoms with Gasteiger partial charge in [-0.25, -0.2) is 8.78 Å². The Kier molecular flexibility index (Phi) is 7.67. The lowest BCUT2D eigenvalue weighted by atomic mass is 10.0. The van der Waals surface area contributed by atoms with Crippen molar-refractivity contribution in [2.75, 3.05) is 11.9 Å². The van der Waals surface area contributed by atoms with Crippen molar-refractivity contribution in [2.45, 2.75) is 24.6 Å². The highest BCUT2D eigenvalue weighted by Crippen LogP contribution is 2.34. The van der Waals surface area contributed by atoms with Crippen LogP contribution in [0, 0.1) is 11.6 Å². The monoisotopic (exact) mass is 495 g/mol. The van der Waals surface area contributed by atoms with Gasteiger partial charge in [-0.1, -0.05) is 42.5 Å². The number of hydrogen-bond acceptors (Lipinski definition) is 6. The van der Waals surface area contributed by atoms with Crippen molar-refractivity contribution in [2.24, 2.45) is 0 Å². The van der Waals surface area contributed by atoms with E-state index in [1.54, 1.807) is 54.6 Å². The Hall–Kier alpha value is -4.15. The third-order valence-corrected chi connectivity index (χ3v) is 5.54. The quantitative estimate of drug-likeness (QED) is 0.400. The van der Waals surface area contributed by atoms with Crippen molar-refractivity contribution < 1.29 is 33.0 Å². The summed E-state index contributed by atoms with van der Waals surface area (Å²) in [6.45, 7) is -0.744. The highest BCUT2D eigenvalue weighted by molar-refractivity contribution is 6.00. The fourth-order valence-electron chi connectivity index (χ4n) is 3.89. The molecule has 1 heterocycles. The third-order valence-electron chi connectivity index (χ3n) is 5.54. The molecule has 0 aliphatic carbocycles.